The standard InChI is InChI=1S/C22H38N2.C5H12.2C2H6.CH3NO/c1-6-12-23-13-15-24(16-14-23)22(17-18(3)4)21(7-2)20-10-8-19(5)9-11-20;1-5(2,3)4;2*1-2;1-2-3/h7,17,19-20H,2,6,8-16H2,1,3-5H3;1-4H3;2*1-2H3;3H,1H2/b22-21-;;;;. The van der Waals surface area contributed by atoms with Crippen LogP contribution >= 0.6 is 0 Å². The number of allylic oxidation sites excluding steroid dienone is 4. The monoisotopic (exact) mass is 508 g/mol. The fourth-order valence-electron chi connectivity index (χ4n) is 4.21. The molecule has 0 aromatic rings. The molecular weight excluding hydrogens is 442 g/mol. The van der Waals surface area contributed by atoms with Crippen molar-refractivity contribution in [3.8, 4) is 0 Å². The molecule has 0 radical (unpaired) electrons. The number of nitrogens with zero attached hydrogens (tertiary/aromatic N) is 3. The SMILES string of the molecule is C=C/C(=C(\C=C(C)C)N1CCN(CCC)CC1)C1CCC(C)CC1.C=NO.CC.CC.CC(C)(C)C. The van der Waals surface area contributed by atoms with Crippen molar-refractivity contribution < 1.29 is 5.21 Å². The summed E-state index contributed by atoms with van der Waals surface area (Å²) < 4.78 is 0. The summed E-state index contributed by atoms with van der Waals surface area (Å²) in [6.45, 7) is 38.7. The van der Waals surface area contributed by atoms with E-state index in [-0.39, 0.29) is 0 Å². The van der Waals surface area contributed by atoms with Crippen molar-refractivity contribution in [1.29, 1.82) is 0 Å². The van der Waals surface area contributed by atoms with Gasteiger partial charge in [-0.3, -0.25) is 4.90 Å². The zero-order valence-electron chi connectivity index (χ0n) is 26.6. The predicted molar refractivity (Wildman–Crippen MR) is 165 cm³/mol. The van der Waals surface area contributed by atoms with Gasteiger partial charge in [0, 0.05) is 38.6 Å². The molecule has 0 aromatic heterocycles. The topological polar surface area (TPSA) is 39.1 Å². The van der Waals surface area contributed by atoms with E-state index in [0.717, 1.165) is 19.0 Å². The third-order valence-electron chi connectivity index (χ3n) is 5.65. The zero-order chi connectivity index (χ0) is 28.7. The summed E-state index contributed by atoms with van der Waals surface area (Å²) in [6.07, 6.45) is 11.2. The first-order chi connectivity index (χ1) is 17.0. The van der Waals surface area contributed by atoms with Crippen LogP contribution in [-0.2, 0) is 0 Å². The Bertz CT molecular complexity index is 575. The molecule has 1 saturated heterocycles. The molecular formula is C32H65N3O. The van der Waals surface area contributed by atoms with Crippen molar-refractivity contribution in [1.82, 2.24) is 9.80 Å². The van der Waals surface area contributed by atoms with E-state index < -0.39 is 0 Å². The first kappa shape index (κ1) is 39.0. The molecule has 4 heteroatoms. The van der Waals surface area contributed by atoms with Gasteiger partial charge in [0.1, 0.15) is 0 Å². The Hall–Kier alpha value is -1.55. The lowest BCUT2D eigenvalue weighted by Gasteiger charge is -2.39. The predicted octanol–water partition coefficient (Wildman–Crippen LogP) is 9.43. The second-order valence-corrected chi connectivity index (χ2v) is 11.2. The fourth-order valence-corrected chi connectivity index (χ4v) is 4.21. The van der Waals surface area contributed by atoms with E-state index in [0.29, 0.717) is 11.3 Å². The lowest BCUT2D eigenvalue weighted by atomic mass is 9.78. The van der Waals surface area contributed by atoms with Crippen LogP contribution in [0.1, 0.15) is 115 Å². The first-order valence-corrected chi connectivity index (χ1v) is 14.6. The van der Waals surface area contributed by atoms with Crippen molar-refractivity contribution in [2.75, 3.05) is 32.7 Å². The molecule has 0 atom stereocenters. The summed E-state index contributed by atoms with van der Waals surface area (Å²) in [4.78, 5) is 5.22. The van der Waals surface area contributed by atoms with Gasteiger partial charge in [-0.25, -0.2) is 0 Å². The van der Waals surface area contributed by atoms with Gasteiger partial charge in [0.15, 0.2) is 0 Å². The van der Waals surface area contributed by atoms with Crippen LogP contribution in [0.5, 0.6) is 0 Å². The molecule has 1 aliphatic heterocycles. The van der Waals surface area contributed by atoms with E-state index in [1.165, 1.54) is 68.6 Å². The lowest BCUT2D eigenvalue weighted by molar-refractivity contribution is 0.160. The maximum Gasteiger partial charge on any atom is 0.0401 e. The molecule has 0 unspecified atom stereocenters. The average molecular weight is 508 g/mol. The van der Waals surface area contributed by atoms with E-state index in [4.69, 9.17) is 5.21 Å². The van der Waals surface area contributed by atoms with Crippen LogP contribution in [0.4, 0.5) is 0 Å². The summed E-state index contributed by atoms with van der Waals surface area (Å²) in [5.74, 6) is 1.61. The highest BCUT2D eigenvalue weighted by molar-refractivity contribution is 5.35. The summed E-state index contributed by atoms with van der Waals surface area (Å²) in [7, 11) is 0. The molecule has 1 N–H and O–H groups in total. The lowest BCUT2D eigenvalue weighted by Crippen LogP contribution is -2.46. The third kappa shape index (κ3) is 20.6. The molecule has 2 aliphatic rings. The van der Waals surface area contributed by atoms with Crippen LogP contribution in [0, 0.1) is 17.3 Å². The Labute approximate surface area is 227 Å². The van der Waals surface area contributed by atoms with Crippen LogP contribution in [-0.4, -0.2) is 54.4 Å². The van der Waals surface area contributed by atoms with Gasteiger partial charge in [0.25, 0.3) is 0 Å². The van der Waals surface area contributed by atoms with Gasteiger partial charge in [0.2, 0.25) is 0 Å². The van der Waals surface area contributed by atoms with Crippen molar-refractivity contribution in [3.63, 3.8) is 0 Å². The molecule has 2 rings (SSSR count). The molecule has 2 fully saturated rings. The number of oxime groups is 1. The van der Waals surface area contributed by atoms with Gasteiger partial charge < -0.3 is 10.1 Å². The summed E-state index contributed by atoms with van der Waals surface area (Å²) in [6, 6.07) is 0. The van der Waals surface area contributed by atoms with Crippen molar-refractivity contribution in [2.45, 2.75) is 115 Å². The highest BCUT2D eigenvalue weighted by atomic mass is 16.4. The molecule has 1 aliphatic carbocycles. The Balaban J connectivity index is -0.000000769. The molecule has 214 valence electrons. The molecule has 0 amide bonds. The van der Waals surface area contributed by atoms with Crippen LogP contribution in [0.25, 0.3) is 0 Å². The number of piperazine rings is 1. The van der Waals surface area contributed by atoms with Gasteiger partial charge in [-0.2, -0.15) is 0 Å². The Morgan fingerprint density at radius 3 is 1.69 bits per heavy atom. The summed E-state index contributed by atoms with van der Waals surface area (Å²) in [5, 5.41) is 9.33. The van der Waals surface area contributed by atoms with Crippen LogP contribution in [0.15, 0.2) is 40.7 Å². The van der Waals surface area contributed by atoms with Gasteiger partial charge in [0.05, 0.1) is 0 Å². The molecule has 36 heavy (non-hydrogen) atoms. The Kier molecular flexibility index (Phi) is 25.8. The van der Waals surface area contributed by atoms with Gasteiger partial charge in [-0.15, -0.1) is 5.16 Å². The molecule has 0 aromatic carbocycles. The van der Waals surface area contributed by atoms with E-state index in [9.17, 15) is 0 Å². The minimum atomic E-state index is 0.500. The van der Waals surface area contributed by atoms with Crippen LogP contribution in [0.3, 0.4) is 0 Å². The maximum atomic E-state index is 7.08. The highest BCUT2D eigenvalue weighted by Gasteiger charge is 2.25. The number of hydrogen-bond donors (Lipinski definition) is 1. The van der Waals surface area contributed by atoms with Crippen molar-refractivity contribution >= 4 is 6.72 Å². The van der Waals surface area contributed by atoms with Gasteiger partial charge in [-0.05, 0) is 68.6 Å². The first-order valence-electron chi connectivity index (χ1n) is 14.6. The normalized spacial score (nSPS) is 20.2. The Morgan fingerprint density at radius 1 is 0.944 bits per heavy atom. The van der Waals surface area contributed by atoms with Crippen LogP contribution in [0.2, 0.25) is 0 Å². The largest absolute Gasteiger partial charge is 0.411 e. The second kappa shape index (κ2) is 23.8. The minimum Gasteiger partial charge on any atom is -0.411 e. The number of hydrogen-bond acceptors (Lipinski definition) is 4. The quantitative estimate of drug-likeness (QED) is 0.168. The van der Waals surface area contributed by atoms with E-state index in [1.54, 1.807) is 0 Å². The van der Waals surface area contributed by atoms with Gasteiger partial charge in [-0.1, -0.05) is 100 Å². The number of rotatable bonds is 6. The average Bonchev–Trinajstić information content (AvgIpc) is 2.83. The van der Waals surface area contributed by atoms with E-state index in [1.807, 2.05) is 27.7 Å². The third-order valence-corrected chi connectivity index (χ3v) is 5.65. The minimum absolute atomic E-state index is 0.500. The smallest absolute Gasteiger partial charge is 0.0401 e. The molecule has 0 spiro atoms. The second-order valence-electron chi connectivity index (χ2n) is 11.2. The molecule has 0 bridgehead atoms. The summed E-state index contributed by atoms with van der Waals surface area (Å²) in [5.41, 5.74) is 4.86. The summed E-state index contributed by atoms with van der Waals surface area (Å²) >= 11 is 0. The highest BCUT2D eigenvalue weighted by Crippen LogP contribution is 2.36. The molecule has 1 saturated carbocycles. The Morgan fingerprint density at radius 2 is 1.36 bits per heavy atom. The van der Waals surface area contributed by atoms with E-state index in [2.05, 4.69) is 95.8 Å². The van der Waals surface area contributed by atoms with Crippen LogP contribution < -0.4 is 0 Å². The zero-order valence-corrected chi connectivity index (χ0v) is 26.6. The van der Waals surface area contributed by atoms with E-state index >= 15 is 0 Å². The molecule has 4 nitrogen and oxygen atoms in total. The van der Waals surface area contributed by atoms with Crippen molar-refractivity contribution in [2.24, 2.45) is 22.4 Å². The van der Waals surface area contributed by atoms with Crippen molar-refractivity contribution in [3.05, 3.63) is 35.6 Å². The molecule has 1 heterocycles. The fraction of sp³-hybridized carbons (Fsp3) is 0.781. The van der Waals surface area contributed by atoms with Gasteiger partial charge >= 0.3 is 0 Å². The maximum absolute atomic E-state index is 7.08.